The molecule has 0 fully saturated rings. The molecule has 0 unspecified atom stereocenters. The topological polar surface area (TPSA) is 56.7 Å². The molecular formula is C14H10ClFN4S. The van der Waals surface area contributed by atoms with Crippen LogP contribution in [0, 0.1) is 5.82 Å². The van der Waals surface area contributed by atoms with Crippen molar-refractivity contribution in [3.63, 3.8) is 0 Å². The summed E-state index contributed by atoms with van der Waals surface area (Å²) < 4.78 is 15.8. The minimum atomic E-state index is -0.533. The molecule has 0 bridgehead atoms. The number of aromatic nitrogens is 3. The fourth-order valence-corrected chi connectivity index (χ4v) is 2.43. The van der Waals surface area contributed by atoms with Gasteiger partial charge in [-0.2, -0.15) is 0 Å². The first-order valence-corrected chi connectivity index (χ1v) is 6.91. The Kier molecular flexibility index (Phi) is 3.57. The zero-order valence-electron chi connectivity index (χ0n) is 10.8. The Bertz CT molecular complexity index is 846. The van der Waals surface area contributed by atoms with Crippen LogP contribution in [0.4, 0.5) is 4.39 Å². The maximum Gasteiger partial charge on any atom is 0.175 e. The summed E-state index contributed by atoms with van der Waals surface area (Å²) >= 11 is 10.7. The first-order chi connectivity index (χ1) is 10.1. The van der Waals surface area contributed by atoms with E-state index >= 15 is 0 Å². The number of hydrogen-bond acceptors (Lipinski definition) is 3. The number of halogens is 2. The number of nitrogens with zero attached hydrogens (tertiary/aromatic N) is 3. The van der Waals surface area contributed by atoms with Crippen molar-refractivity contribution in [1.29, 1.82) is 0 Å². The van der Waals surface area contributed by atoms with Crippen molar-refractivity contribution in [2.75, 3.05) is 0 Å². The second kappa shape index (κ2) is 5.38. The Morgan fingerprint density at radius 3 is 2.86 bits per heavy atom. The molecule has 0 amide bonds. The molecule has 0 aliphatic rings. The zero-order chi connectivity index (χ0) is 15.0. The third-order valence-electron chi connectivity index (χ3n) is 2.96. The average Bonchev–Trinajstić information content (AvgIpc) is 2.76. The predicted molar refractivity (Wildman–Crippen MR) is 84.3 cm³/mol. The van der Waals surface area contributed by atoms with Crippen molar-refractivity contribution in [2.45, 2.75) is 6.42 Å². The molecule has 3 aromatic rings. The molecule has 2 heterocycles. The van der Waals surface area contributed by atoms with Crippen molar-refractivity contribution in [1.82, 2.24) is 14.5 Å². The summed E-state index contributed by atoms with van der Waals surface area (Å²) in [5.74, 6) is 0.131. The zero-order valence-corrected chi connectivity index (χ0v) is 12.3. The van der Waals surface area contributed by atoms with Gasteiger partial charge in [-0.15, -0.1) is 0 Å². The highest BCUT2D eigenvalue weighted by Crippen LogP contribution is 2.23. The molecule has 0 spiro atoms. The van der Waals surface area contributed by atoms with Gasteiger partial charge >= 0.3 is 0 Å². The van der Waals surface area contributed by atoms with E-state index in [2.05, 4.69) is 9.97 Å². The first-order valence-electron chi connectivity index (χ1n) is 6.12. The molecule has 4 nitrogen and oxygen atoms in total. The van der Waals surface area contributed by atoms with E-state index < -0.39 is 5.82 Å². The van der Waals surface area contributed by atoms with Gasteiger partial charge in [0.2, 0.25) is 0 Å². The van der Waals surface area contributed by atoms with Crippen molar-refractivity contribution in [3.05, 3.63) is 53.2 Å². The van der Waals surface area contributed by atoms with Gasteiger partial charge < -0.3 is 5.73 Å². The molecule has 0 aliphatic carbocycles. The lowest BCUT2D eigenvalue weighted by atomic mass is 10.3. The van der Waals surface area contributed by atoms with Gasteiger partial charge in [-0.25, -0.2) is 14.4 Å². The number of hydrogen-bond donors (Lipinski definition) is 1. The fourth-order valence-electron chi connectivity index (χ4n) is 2.16. The van der Waals surface area contributed by atoms with Crippen molar-refractivity contribution in [2.24, 2.45) is 5.73 Å². The van der Waals surface area contributed by atoms with Crippen LogP contribution in [0.3, 0.4) is 0 Å². The average molecular weight is 321 g/mol. The maximum atomic E-state index is 14.2. The number of thiocarbonyl (C=S) groups is 1. The SMILES string of the molecule is NC(=S)Cc1nc2ccccc2n1-c1ncc(Cl)cc1F. The van der Waals surface area contributed by atoms with Crippen LogP contribution >= 0.6 is 23.8 Å². The van der Waals surface area contributed by atoms with Crippen LogP contribution in [0.5, 0.6) is 0 Å². The summed E-state index contributed by atoms with van der Waals surface area (Å²) in [6, 6.07) is 8.59. The van der Waals surface area contributed by atoms with E-state index in [1.165, 1.54) is 12.3 Å². The third kappa shape index (κ3) is 2.59. The van der Waals surface area contributed by atoms with Crippen LogP contribution in [-0.2, 0) is 6.42 Å². The van der Waals surface area contributed by atoms with Crippen LogP contribution < -0.4 is 5.73 Å². The quantitative estimate of drug-likeness (QED) is 0.754. The number of imidazole rings is 1. The molecule has 2 aromatic heterocycles. The Labute approximate surface area is 130 Å². The molecule has 106 valence electrons. The lowest BCUT2D eigenvalue weighted by Crippen LogP contribution is -2.15. The van der Waals surface area contributed by atoms with Gasteiger partial charge in [-0.1, -0.05) is 36.0 Å². The van der Waals surface area contributed by atoms with E-state index in [9.17, 15) is 4.39 Å². The Hall–Kier alpha value is -2.05. The van der Waals surface area contributed by atoms with E-state index in [0.717, 1.165) is 11.0 Å². The van der Waals surface area contributed by atoms with E-state index in [4.69, 9.17) is 29.6 Å². The van der Waals surface area contributed by atoms with E-state index in [-0.39, 0.29) is 22.2 Å². The van der Waals surface area contributed by atoms with Crippen molar-refractivity contribution < 1.29 is 4.39 Å². The van der Waals surface area contributed by atoms with E-state index in [1.807, 2.05) is 24.3 Å². The van der Waals surface area contributed by atoms with Crippen LogP contribution in [0.15, 0.2) is 36.5 Å². The van der Waals surface area contributed by atoms with Gasteiger partial charge in [0.05, 0.1) is 27.5 Å². The number of fused-ring (bicyclic) bond motifs is 1. The van der Waals surface area contributed by atoms with Crippen LogP contribution in [0.2, 0.25) is 5.02 Å². The minimum Gasteiger partial charge on any atom is -0.393 e. The van der Waals surface area contributed by atoms with Crippen LogP contribution in [-0.4, -0.2) is 19.5 Å². The second-order valence-electron chi connectivity index (χ2n) is 4.45. The predicted octanol–water partition coefficient (Wildman–Crippen LogP) is 3.04. The Morgan fingerprint density at radius 2 is 2.14 bits per heavy atom. The number of pyridine rings is 1. The molecule has 21 heavy (non-hydrogen) atoms. The van der Waals surface area contributed by atoms with E-state index in [1.54, 1.807) is 4.57 Å². The molecule has 0 atom stereocenters. The van der Waals surface area contributed by atoms with Crippen LogP contribution in [0.1, 0.15) is 5.82 Å². The number of nitrogens with two attached hydrogens (primary N) is 1. The number of rotatable bonds is 3. The van der Waals surface area contributed by atoms with Gasteiger partial charge in [0.25, 0.3) is 0 Å². The van der Waals surface area contributed by atoms with Gasteiger partial charge in [0, 0.05) is 6.20 Å². The molecule has 2 N–H and O–H groups in total. The smallest absolute Gasteiger partial charge is 0.175 e. The highest BCUT2D eigenvalue weighted by atomic mass is 35.5. The van der Waals surface area contributed by atoms with Gasteiger partial charge in [-0.05, 0) is 18.2 Å². The number of para-hydroxylation sites is 2. The van der Waals surface area contributed by atoms with E-state index in [0.29, 0.717) is 5.82 Å². The van der Waals surface area contributed by atoms with Crippen molar-refractivity contribution >= 4 is 39.8 Å². The normalized spacial score (nSPS) is 11.0. The summed E-state index contributed by atoms with van der Waals surface area (Å²) in [5.41, 5.74) is 7.05. The molecule has 0 saturated heterocycles. The first kappa shape index (κ1) is 13.9. The monoisotopic (exact) mass is 320 g/mol. The minimum absolute atomic E-state index is 0.124. The van der Waals surface area contributed by atoms with Crippen molar-refractivity contribution in [3.8, 4) is 5.82 Å². The molecule has 0 saturated carbocycles. The van der Waals surface area contributed by atoms with Gasteiger partial charge in [0.1, 0.15) is 5.82 Å². The highest BCUT2D eigenvalue weighted by molar-refractivity contribution is 7.80. The molecule has 0 aliphatic heterocycles. The number of benzene rings is 1. The van der Waals surface area contributed by atoms with Gasteiger partial charge in [-0.3, -0.25) is 4.57 Å². The Morgan fingerprint density at radius 1 is 1.38 bits per heavy atom. The standard InChI is InChI=1S/C14H10ClFN4S/c15-8-5-9(16)14(18-7-8)20-11-4-2-1-3-10(11)19-13(20)6-12(17)21/h1-5,7H,6H2,(H2,17,21). The third-order valence-corrected chi connectivity index (χ3v) is 3.31. The van der Waals surface area contributed by atoms with Crippen LogP contribution in [0.25, 0.3) is 16.9 Å². The molecule has 7 heteroatoms. The molecular weight excluding hydrogens is 311 g/mol. The maximum absolute atomic E-state index is 14.2. The van der Waals surface area contributed by atoms with Gasteiger partial charge in [0.15, 0.2) is 11.6 Å². The molecule has 3 rings (SSSR count). The summed E-state index contributed by atoms with van der Waals surface area (Å²) in [5, 5.41) is 0.233. The highest BCUT2D eigenvalue weighted by Gasteiger charge is 2.17. The summed E-state index contributed by atoms with van der Waals surface area (Å²) in [7, 11) is 0. The summed E-state index contributed by atoms with van der Waals surface area (Å²) in [4.78, 5) is 8.80. The molecule has 0 radical (unpaired) electrons. The lowest BCUT2D eigenvalue weighted by molar-refractivity contribution is 0.609. The second-order valence-corrected chi connectivity index (χ2v) is 5.42. The fraction of sp³-hybridized carbons (Fsp3) is 0.0714. The summed E-state index contributed by atoms with van der Waals surface area (Å²) in [6.07, 6.45) is 1.65. The lowest BCUT2D eigenvalue weighted by Gasteiger charge is -2.09. The summed E-state index contributed by atoms with van der Waals surface area (Å²) in [6.45, 7) is 0. The molecule has 1 aromatic carbocycles. The largest absolute Gasteiger partial charge is 0.393 e. The Balaban J connectivity index is 2.30.